The van der Waals surface area contributed by atoms with E-state index in [2.05, 4.69) is 0 Å². The van der Waals surface area contributed by atoms with Crippen molar-refractivity contribution >= 4 is 17.6 Å². The SMILES string of the molecule is O=C(Oc1c(Cl)cccc1-c1ccccc1)[C@H]1O[C@@H](O)[C@H](O)[C@@H](O)[C@@H]1O. The number of ether oxygens (including phenoxy) is 2. The summed E-state index contributed by atoms with van der Waals surface area (Å²) in [6.45, 7) is 0. The fraction of sp³-hybridized carbons (Fsp3) is 0.278. The molecule has 1 heterocycles. The van der Waals surface area contributed by atoms with Crippen LogP contribution in [0.3, 0.4) is 0 Å². The first-order valence-corrected chi connectivity index (χ1v) is 8.21. The van der Waals surface area contributed by atoms with Crippen molar-refractivity contribution in [1.29, 1.82) is 0 Å². The van der Waals surface area contributed by atoms with Gasteiger partial charge < -0.3 is 29.9 Å². The van der Waals surface area contributed by atoms with Crippen LogP contribution in [-0.4, -0.2) is 57.1 Å². The molecule has 1 saturated heterocycles. The molecule has 1 fully saturated rings. The normalized spacial score (nSPS) is 28.6. The van der Waals surface area contributed by atoms with E-state index in [0.717, 1.165) is 5.56 Å². The van der Waals surface area contributed by atoms with Gasteiger partial charge in [-0.3, -0.25) is 0 Å². The zero-order valence-corrected chi connectivity index (χ0v) is 14.2. The number of hydrogen-bond donors (Lipinski definition) is 4. The van der Waals surface area contributed by atoms with E-state index in [0.29, 0.717) is 5.56 Å². The maximum absolute atomic E-state index is 12.4. The van der Waals surface area contributed by atoms with Crippen molar-refractivity contribution in [3.05, 3.63) is 53.6 Å². The van der Waals surface area contributed by atoms with Gasteiger partial charge in [-0.25, -0.2) is 4.79 Å². The molecule has 0 radical (unpaired) electrons. The minimum atomic E-state index is -1.84. The molecule has 0 aliphatic carbocycles. The van der Waals surface area contributed by atoms with E-state index >= 15 is 0 Å². The van der Waals surface area contributed by atoms with E-state index in [9.17, 15) is 25.2 Å². The third-order valence-electron chi connectivity index (χ3n) is 4.07. The van der Waals surface area contributed by atoms with Gasteiger partial charge in [0.1, 0.15) is 18.3 Å². The fourth-order valence-corrected chi connectivity index (χ4v) is 2.89. The number of para-hydroxylation sites is 1. The first-order chi connectivity index (χ1) is 12.4. The van der Waals surface area contributed by atoms with Gasteiger partial charge in [0.25, 0.3) is 0 Å². The molecule has 0 saturated carbocycles. The van der Waals surface area contributed by atoms with Gasteiger partial charge in [0, 0.05) is 5.56 Å². The average Bonchev–Trinajstić information content (AvgIpc) is 2.65. The van der Waals surface area contributed by atoms with Crippen LogP contribution in [0.1, 0.15) is 0 Å². The molecule has 0 bridgehead atoms. The average molecular weight is 381 g/mol. The monoisotopic (exact) mass is 380 g/mol. The van der Waals surface area contributed by atoms with Gasteiger partial charge in [-0.1, -0.05) is 54.1 Å². The molecule has 4 N–H and O–H groups in total. The minimum Gasteiger partial charge on any atom is -0.422 e. The standard InChI is InChI=1S/C18H17ClO7/c19-11-8-4-7-10(9-5-2-1-3-6-9)15(11)25-18(24)16-13(21)12(20)14(22)17(23)26-16/h1-8,12-14,16-17,20-23H/t12-,13-,14+,16-,17+/m0/s1. The second-order valence-corrected chi connectivity index (χ2v) is 6.23. The highest BCUT2D eigenvalue weighted by Gasteiger charge is 2.47. The molecule has 7 nitrogen and oxygen atoms in total. The van der Waals surface area contributed by atoms with Crippen LogP contribution in [0.2, 0.25) is 5.02 Å². The highest BCUT2D eigenvalue weighted by molar-refractivity contribution is 6.32. The van der Waals surface area contributed by atoms with Crippen LogP contribution in [0, 0.1) is 0 Å². The summed E-state index contributed by atoms with van der Waals surface area (Å²) in [6.07, 6.45) is -8.82. The summed E-state index contributed by atoms with van der Waals surface area (Å²) < 4.78 is 10.2. The van der Waals surface area contributed by atoms with Gasteiger partial charge in [-0.05, 0) is 11.6 Å². The molecule has 5 atom stereocenters. The molecule has 3 rings (SSSR count). The maximum atomic E-state index is 12.4. The molecule has 138 valence electrons. The molecule has 0 amide bonds. The maximum Gasteiger partial charge on any atom is 0.343 e. The van der Waals surface area contributed by atoms with Gasteiger partial charge >= 0.3 is 5.97 Å². The summed E-state index contributed by atoms with van der Waals surface area (Å²) in [5.74, 6) is -1.01. The number of hydrogen-bond acceptors (Lipinski definition) is 7. The van der Waals surface area contributed by atoms with Crippen molar-refractivity contribution < 1.29 is 34.7 Å². The van der Waals surface area contributed by atoms with Crippen LogP contribution in [0.15, 0.2) is 48.5 Å². The molecule has 0 aromatic heterocycles. The summed E-state index contributed by atoms with van der Waals surface area (Å²) in [4.78, 5) is 12.4. The summed E-state index contributed by atoms with van der Waals surface area (Å²) in [5, 5.41) is 38.9. The Balaban J connectivity index is 1.88. The summed E-state index contributed by atoms with van der Waals surface area (Å²) in [5.41, 5.74) is 1.29. The Bertz CT molecular complexity index is 782. The molecule has 1 aliphatic heterocycles. The topological polar surface area (TPSA) is 116 Å². The molecule has 2 aromatic rings. The Morgan fingerprint density at radius 3 is 2.31 bits per heavy atom. The van der Waals surface area contributed by atoms with Crippen molar-refractivity contribution in [2.24, 2.45) is 0 Å². The molecular weight excluding hydrogens is 364 g/mol. The molecule has 26 heavy (non-hydrogen) atoms. The zero-order chi connectivity index (χ0) is 18.8. The van der Waals surface area contributed by atoms with Gasteiger partial charge in [0.2, 0.25) is 0 Å². The lowest BCUT2D eigenvalue weighted by atomic mass is 9.99. The predicted molar refractivity (Wildman–Crippen MR) is 91.4 cm³/mol. The summed E-state index contributed by atoms with van der Waals surface area (Å²) in [6, 6.07) is 14.0. The molecular formula is C18H17ClO7. The second kappa shape index (κ2) is 7.71. The third kappa shape index (κ3) is 3.59. The van der Waals surface area contributed by atoms with Gasteiger partial charge in [-0.15, -0.1) is 0 Å². The van der Waals surface area contributed by atoms with Crippen LogP contribution >= 0.6 is 11.6 Å². The number of carbonyl (C=O) groups is 1. The number of esters is 1. The molecule has 8 heteroatoms. The van der Waals surface area contributed by atoms with E-state index in [1.54, 1.807) is 24.3 Å². The predicted octanol–water partition coefficient (Wildman–Crippen LogP) is 0.712. The molecule has 1 aliphatic rings. The lowest BCUT2D eigenvalue weighted by Gasteiger charge is -2.36. The van der Waals surface area contributed by atoms with Crippen LogP contribution in [0.25, 0.3) is 11.1 Å². The van der Waals surface area contributed by atoms with E-state index < -0.39 is 36.7 Å². The molecule has 0 unspecified atom stereocenters. The Labute approximate surface area is 154 Å². The van der Waals surface area contributed by atoms with E-state index in [1.807, 2.05) is 18.2 Å². The van der Waals surface area contributed by atoms with Crippen molar-refractivity contribution in [3.8, 4) is 16.9 Å². The fourth-order valence-electron chi connectivity index (χ4n) is 2.67. The first kappa shape index (κ1) is 18.8. The number of halogens is 1. The van der Waals surface area contributed by atoms with Gasteiger partial charge in [-0.2, -0.15) is 0 Å². The Kier molecular flexibility index (Phi) is 5.57. The Morgan fingerprint density at radius 1 is 0.923 bits per heavy atom. The number of aliphatic hydroxyl groups is 4. The van der Waals surface area contributed by atoms with E-state index in [4.69, 9.17) is 21.1 Å². The van der Waals surface area contributed by atoms with Crippen LogP contribution in [-0.2, 0) is 9.53 Å². The first-order valence-electron chi connectivity index (χ1n) is 7.83. The summed E-state index contributed by atoms with van der Waals surface area (Å²) in [7, 11) is 0. The zero-order valence-electron chi connectivity index (χ0n) is 13.4. The van der Waals surface area contributed by atoms with Gasteiger partial charge in [0.05, 0.1) is 5.02 Å². The highest BCUT2D eigenvalue weighted by atomic mass is 35.5. The minimum absolute atomic E-state index is 0.0521. The van der Waals surface area contributed by atoms with Crippen molar-refractivity contribution in [2.45, 2.75) is 30.7 Å². The third-order valence-corrected chi connectivity index (χ3v) is 4.37. The van der Waals surface area contributed by atoms with Crippen LogP contribution < -0.4 is 4.74 Å². The summed E-state index contributed by atoms with van der Waals surface area (Å²) >= 11 is 6.16. The number of aliphatic hydroxyl groups excluding tert-OH is 4. The molecule has 0 spiro atoms. The number of rotatable bonds is 3. The number of benzene rings is 2. The lowest BCUT2D eigenvalue weighted by molar-refractivity contribution is -0.279. The van der Waals surface area contributed by atoms with Gasteiger partial charge in [0.15, 0.2) is 18.1 Å². The Morgan fingerprint density at radius 2 is 1.62 bits per heavy atom. The highest BCUT2D eigenvalue weighted by Crippen LogP contribution is 2.37. The van der Waals surface area contributed by atoms with Crippen molar-refractivity contribution in [2.75, 3.05) is 0 Å². The molecule has 2 aromatic carbocycles. The lowest BCUT2D eigenvalue weighted by Crippen LogP contribution is -2.60. The number of carbonyl (C=O) groups excluding carboxylic acids is 1. The Hall–Kier alpha value is -2.00. The largest absolute Gasteiger partial charge is 0.422 e. The second-order valence-electron chi connectivity index (χ2n) is 5.82. The van der Waals surface area contributed by atoms with Crippen molar-refractivity contribution in [3.63, 3.8) is 0 Å². The van der Waals surface area contributed by atoms with E-state index in [1.165, 1.54) is 6.07 Å². The quantitative estimate of drug-likeness (QED) is 0.457. The van der Waals surface area contributed by atoms with Crippen LogP contribution in [0.5, 0.6) is 5.75 Å². The van der Waals surface area contributed by atoms with Crippen molar-refractivity contribution in [1.82, 2.24) is 0 Å². The smallest absolute Gasteiger partial charge is 0.343 e. The van der Waals surface area contributed by atoms with E-state index in [-0.39, 0.29) is 10.8 Å². The van der Waals surface area contributed by atoms with Crippen LogP contribution in [0.4, 0.5) is 0 Å².